The third-order valence-corrected chi connectivity index (χ3v) is 7.36. The first kappa shape index (κ1) is 24.5. The van der Waals surface area contributed by atoms with Gasteiger partial charge in [0.1, 0.15) is 0 Å². The van der Waals surface area contributed by atoms with Gasteiger partial charge in [-0.2, -0.15) is 16.7 Å². The van der Waals surface area contributed by atoms with Crippen LogP contribution in [0.4, 0.5) is 0 Å². The molecule has 2 heterocycles. The molecule has 7 heteroatoms. The van der Waals surface area contributed by atoms with Crippen LogP contribution in [-0.2, 0) is 17.1 Å². The van der Waals surface area contributed by atoms with Crippen molar-refractivity contribution in [2.24, 2.45) is 5.92 Å². The van der Waals surface area contributed by atoms with Gasteiger partial charge in [-0.3, -0.25) is 9.69 Å². The Morgan fingerprint density at radius 1 is 1.21 bits per heavy atom. The molecule has 0 spiro atoms. The van der Waals surface area contributed by atoms with Gasteiger partial charge in [0.2, 0.25) is 17.6 Å². The molecular weight excluding hydrogens is 444 g/mol. The minimum atomic E-state index is 0.0209. The number of carbonyl (C=O) groups is 1. The number of aryl methyl sites for hydroxylation is 2. The molecule has 0 saturated carbocycles. The van der Waals surface area contributed by atoms with Crippen LogP contribution in [-0.4, -0.2) is 46.3 Å². The van der Waals surface area contributed by atoms with Gasteiger partial charge in [-0.15, -0.1) is 0 Å². The molecule has 2 aromatic carbocycles. The number of nitrogens with zero attached hydrogens (tertiary/aromatic N) is 3. The number of likely N-dealkylation sites (tertiary alicyclic amines) is 1. The lowest BCUT2D eigenvalue weighted by Crippen LogP contribution is -2.43. The second-order valence-corrected chi connectivity index (χ2v) is 10.2. The molecule has 1 aliphatic rings. The zero-order chi connectivity index (χ0) is 23.8. The summed E-state index contributed by atoms with van der Waals surface area (Å²) in [4.78, 5) is 19.5. The van der Waals surface area contributed by atoms with E-state index in [1.807, 2.05) is 36.9 Å². The number of thioether (sulfide) groups is 1. The van der Waals surface area contributed by atoms with E-state index in [1.54, 1.807) is 0 Å². The molecule has 1 amide bonds. The number of amides is 1. The lowest BCUT2D eigenvalue weighted by Gasteiger charge is -2.30. The van der Waals surface area contributed by atoms with Gasteiger partial charge in [-0.25, -0.2) is 0 Å². The van der Waals surface area contributed by atoms with Gasteiger partial charge < -0.3 is 9.84 Å². The van der Waals surface area contributed by atoms with Crippen LogP contribution in [0.15, 0.2) is 53.1 Å². The second-order valence-electron chi connectivity index (χ2n) is 9.08. The molecule has 1 saturated heterocycles. The monoisotopic (exact) mass is 478 g/mol. The van der Waals surface area contributed by atoms with Crippen molar-refractivity contribution in [3.05, 3.63) is 71.1 Å². The molecule has 6 nitrogen and oxygen atoms in total. The Kier molecular flexibility index (Phi) is 8.77. The Hall–Kier alpha value is -2.64. The van der Waals surface area contributed by atoms with E-state index >= 15 is 0 Å². The fourth-order valence-electron chi connectivity index (χ4n) is 4.31. The molecule has 1 aliphatic heterocycles. The molecule has 1 unspecified atom stereocenters. The molecule has 3 aromatic rings. The van der Waals surface area contributed by atoms with E-state index in [4.69, 9.17) is 4.52 Å². The van der Waals surface area contributed by atoms with Crippen molar-refractivity contribution in [3.63, 3.8) is 0 Å². The van der Waals surface area contributed by atoms with Crippen LogP contribution in [0.2, 0.25) is 0 Å². The molecule has 1 N–H and O–H groups in total. The first-order valence-electron chi connectivity index (χ1n) is 12.1. The molecule has 1 aromatic heterocycles. The maximum absolute atomic E-state index is 12.7. The third kappa shape index (κ3) is 6.93. The number of carbonyl (C=O) groups excluding carboxylic acids is 1. The van der Waals surface area contributed by atoms with Crippen LogP contribution in [0.1, 0.15) is 41.8 Å². The van der Waals surface area contributed by atoms with Gasteiger partial charge in [0, 0.05) is 24.4 Å². The van der Waals surface area contributed by atoms with Crippen molar-refractivity contribution in [2.45, 2.75) is 45.4 Å². The Labute approximate surface area is 206 Å². The van der Waals surface area contributed by atoms with Crippen LogP contribution in [0, 0.1) is 19.8 Å². The van der Waals surface area contributed by atoms with Crippen molar-refractivity contribution >= 4 is 17.7 Å². The summed E-state index contributed by atoms with van der Waals surface area (Å²) < 4.78 is 5.49. The highest BCUT2D eigenvalue weighted by molar-refractivity contribution is 7.98. The zero-order valence-electron chi connectivity index (χ0n) is 20.1. The lowest BCUT2D eigenvalue weighted by molar-refractivity contribution is -0.126. The SMILES string of the molecule is Cc1cccc(-c2noc(CN3CCCC(C(=O)NCCCSCc4ccccc4C)C3)n2)c1. The maximum Gasteiger partial charge on any atom is 0.241 e. The smallest absolute Gasteiger partial charge is 0.241 e. The number of hydrogen-bond acceptors (Lipinski definition) is 6. The minimum absolute atomic E-state index is 0.0209. The Morgan fingerprint density at radius 2 is 2.09 bits per heavy atom. The van der Waals surface area contributed by atoms with Crippen LogP contribution < -0.4 is 5.32 Å². The molecule has 1 atom stereocenters. The highest BCUT2D eigenvalue weighted by Gasteiger charge is 2.26. The summed E-state index contributed by atoms with van der Waals surface area (Å²) in [7, 11) is 0. The van der Waals surface area contributed by atoms with Gasteiger partial charge in [0.05, 0.1) is 12.5 Å². The van der Waals surface area contributed by atoms with Crippen LogP contribution in [0.3, 0.4) is 0 Å². The van der Waals surface area contributed by atoms with E-state index in [-0.39, 0.29) is 11.8 Å². The van der Waals surface area contributed by atoms with Crippen LogP contribution >= 0.6 is 11.8 Å². The summed E-state index contributed by atoms with van der Waals surface area (Å²) >= 11 is 1.93. The Bertz CT molecular complexity index is 1080. The Morgan fingerprint density at radius 3 is 2.94 bits per heavy atom. The molecular formula is C27H34N4O2S. The molecule has 180 valence electrons. The summed E-state index contributed by atoms with van der Waals surface area (Å²) in [5.74, 6) is 3.48. The van der Waals surface area contributed by atoms with E-state index in [9.17, 15) is 4.79 Å². The molecule has 34 heavy (non-hydrogen) atoms. The average molecular weight is 479 g/mol. The van der Waals surface area contributed by atoms with Gasteiger partial charge in [-0.1, -0.05) is 53.2 Å². The van der Waals surface area contributed by atoms with E-state index in [2.05, 4.69) is 57.6 Å². The van der Waals surface area contributed by atoms with Gasteiger partial charge in [0.15, 0.2) is 0 Å². The van der Waals surface area contributed by atoms with E-state index < -0.39 is 0 Å². The van der Waals surface area contributed by atoms with E-state index in [1.165, 1.54) is 16.7 Å². The molecule has 1 fully saturated rings. The fraction of sp³-hybridized carbons (Fsp3) is 0.444. The highest BCUT2D eigenvalue weighted by Crippen LogP contribution is 2.21. The van der Waals surface area contributed by atoms with Crippen molar-refractivity contribution < 1.29 is 9.32 Å². The molecule has 0 aliphatic carbocycles. The van der Waals surface area contributed by atoms with Crippen molar-refractivity contribution in [1.82, 2.24) is 20.4 Å². The second kappa shape index (κ2) is 12.2. The lowest BCUT2D eigenvalue weighted by atomic mass is 9.97. The maximum atomic E-state index is 12.7. The quantitative estimate of drug-likeness (QED) is 0.413. The van der Waals surface area contributed by atoms with Gasteiger partial charge in [-0.05, 0) is 62.6 Å². The van der Waals surface area contributed by atoms with Gasteiger partial charge in [0.25, 0.3) is 0 Å². The van der Waals surface area contributed by atoms with Crippen molar-refractivity contribution in [3.8, 4) is 11.4 Å². The van der Waals surface area contributed by atoms with Crippen molar-refractivity contribution in [1.29, 1.82) is 0 Å². The summed E-state index contributed by atoms with van der Waals surface area (Å²) in [5, 5.41) is 7.29. The normalized spacial score (nSPS) is 16.5. The number of rotatable bonds is 10. The third-order valence-electron chi connectivity index (χ3n) is 6.26. The number of benzene rings is 2. The van der Waals surface area contributed by atoms with Gasteiger partial charge >= 0.3 is 0 Å². The minimum Gasteiger partial charge on any atom is -0.356 e. The fourth-order valence-corrected chi connectivity index (χ4v) is 5.35. The molecule has 0 bridgehead atoms. The first-order chi connectivity index (χ1) is 16.6. The van der Waals surface area contributed by atoms with E-state index in [0.29, 0.717) is 18.3 Å². The van der Waals surface area contributed by atoms with E-state index in [0.717, 1.165) is 56.0 Å². The number of aromatic nitrogens is 2. The van der Waals surface area contributed by atoms with Crippen LogP contribution in [0.5, 0.6) is 0 Å². The zero-order valence-corrected chi connectivity index (χ0v) is 20.9. The summed E-state index contributed by atoms with van der Waals surface area (Å²) in [5.41, 5.74) is 4.87. The predicted molar refractivity (Wildman–Crippen MR) is 137 cm³/mol. The topological polar surface area (TPSA) is 71.3 Å². The summed E-state index contributed by atoms with van der Waals surface area (Å²) in [6.07, 6.45) is 2.93. The first-order valence-corrected chi connectivity index (χ1v) is 13.3. The number of hydrogen-bond donors (Lipinski definition) is 1. The van der Waals surface area contributed by atoms with Crippen molar-refractivity contribution in [2.75, 3.05) is 25.4 Å². The summed E-state index contributed by atoms with van der Waals surface area (Å²) in [6, 6.07) is 16.6. The standard InChI is InChI=1S/C27H34N4O2S/c1-20-8-5-11-22(16-20)26-29-25(33-30-26)18-31-14-6-12-23(17-31)27(32)28-13-7-15-34-19-24-10-4-3-9-21(24)2/h3-5,8-11,16,23H,6-7,12-15,17-19H2,1-2H3,(H,28,32). The molecule has 0 radical (unpaired) electrons. The summed E-state index contributed by atoms with van der Waals surface area (Å²) in [6.45, 7) is 7.20. The largest absolute Gasteiger partial charge is 0.356 e. The molecule has 4 rings (SSSR count). The highest BCUT2D eigenvalue weighted by atomic mass is 32.2. The predicted octanol–water partition coefficient (Wildman–Crippen LogP) is 5.01. The Balaban J connectivity index is 1.17. The average Bonchev–Trinajstić information content (AvgIpc) is 3.31. The van der Waals surface area contributed by atoms with Crippen LogP contribution in [0.25, 0.3) is 11.4 Å². The number of piperidine rings is 1. The number of nitrogens with one attached hydrogen (secondary N) is 1.